The van der Waals surface area contributed by atoms with Crippen molar-refractivity contribution in [2.75, 3.05) is 19.6 Å². The molecule has 0 bridgehead atoms. The molecule has 1 aromatic heterocycles. The summed E-state index contributed by atoms with van der Waals surface area (Å²) in [5.74, 6) is 0.522. The first-order chi connectivity index (χ1) is 13.3. The van der Waals surface area contributed by atoms with E-state index in [2.05, 4.69) is 15.5 Å². The van der Waals surface area contributed by atoms with E-state index in [9.17, 15) is 13.2 Å². The van der Waals surface area contributed by atoms with Crippen molar-refractivity contribution in [2.45, 2.75) is 24.2 Å². The predicted octanol–water partition coefficient (Wildman–Crippen LogP) is 1.89. The summed E-state index contributed by atoms with van der Waals surface area (Å²) in [6, 6.07) is 6.12. The van der Waals surface area contributed by atoms with Gasteiger partial charge in [0.25, 0.3) is 0 Å². The van der Waals surface area contributed by atoms with Crippen molar-refractivity contribution >= 4 is 39.7 Å². The van der Waals surface area contributed by atoms with E-state index < -0.39 is 10.0 Å². The smallest absolute Gasteiger partial charge is 0.243 e. The number of nitrogens with one attached hydrogen (secondary N) is 2. The van der Waals surface area contributed by atoms with Gasteiger partial charge in [-0.15, -0.1) is 0 Å². The Morgan fingerprint density at radius 1 is 1.32 bits per heavy atom. The molecule has 152 valence electrons. The number of aromatic nitrogens is 3. The number of rotatable bonds is 6. The molecule has 1 amide bonds. The van der Waals surface area contributed by atoms with Gasteiger partial charge in [-0.3, -0.25) is 9.89 Å². The number of hydrogen-bond acceptors (Lipinski definition) is 5. The highest BCUT2D eigenvalue weighted by atomic mass is 35.5. The molecule has 11 heteroatoms. The first kappa shape index (κ1) is 21.0. The van der Waals surface area contributed by atoms with Gasteiger partial charge in [0.15, 0.2) is 4.77 Å². The molecule has 2 heterocycles. The summed E-state index contributed by atoms with van der Waals surface area (Å²) in [6.45, 7) is 1.09. The van der Waals surface area contributed by atoms with E-state index in [0.29, 0.717) is 48.7 Å². The fourth-order valence-corrected chi connectivity index (χ4v) is 4.91. The van der Waals surface area contributed by atoms with E-state index in [0.717, 1.165) is 5.82 Å². The molecule has 2 aromatic rings. The quantitative estimate of drug-likeness (QED) is 0.664. The minimum absolute atomic E-state index is 0.0553. The molecule has 1 aliphatic rings. The lowest BCUT2D eigenvalue weighted by molar-refractivity contribution is -0.126. The molecule has 0 saturated carbocycles. The average molecular weight is 444 g/mol. The zero-order valence-corrected chi connectivity index (χ0v) is 17.8. The number of halogens is 1. The third kappa shape index (κ3) is 4.62. The summed E-state index contributed by atoms with van der Waals surface area (Å²) in [5.41, 5.74) is 0. The van der Waals surface area contributed by atoms with Crippen molar-refractivity contribution in [2.24, 2.45) is 13.0 Å². The Morgan fingerprint density at radius 3 is 2.54 bits per heavy atom. The summed E-state index contributed by atoms with van der Waals surface area (Å²) in [6.07, 6.45) is 1.55. The zero-order valence-electron chi connectivity index (χ0n) is 15.4. The maximum atomic E-state index is 12.7. The Morgan fingerprint density at radius 2 is 1.96 bits per heavy atom. The van der Waals surface area contributed by atoms with Crippen LogP contribution >= 0.6 is 23.8 Å². The molecule has 28 heavy (non-hydrogen) atoms. The van der Waals surface area contributed by atoms with Gasteiger partial charge >= 0.3 is 0 Å². The topological polar surface area (TPSA) is 100 Å². The van der Waals surface area contributed by atoms with Crippen molar-refractivity contribution in [3.05, 3.63) is 39.9 Å². The van der Waals surface area contributed by atoms with Gasteiger partial charge in [0.2, 0.25) is 15.9 Å². The van der Waals surface area contributed by atoms with E-state index in [1.54, 1.807) is 16.7 Å². The molecule has 1 aliphatic heterocycles. The normalized spacial score (nSPS) is 16.2. The van der Waals surface area contributed by atoms with Crippen LogP contribution in [0.2, 0.25) is 5.02 Å². The maximum Gasteiger partial charge on any atom is 0.243 e. The molecule has 0 aliphatic carbocycles. The number of piperidine rings is 1. The lowest BCUT2D eigenvalue weighted by Gasteiger charge is -2.30. The predicted molar refractivity (Wildman–Crippen MR) is 108 cm³/mol. The van der Waals surface area contributed by atoms with Crippen LogP contribution in [0.4, 0.5) is 0 Å². The van der Waals surface area contributed by atoms with E-state index in [-0.39, 0.29) is 16.7 Å². The van der Waals surface area contributed by atoms with Gasteiger partial charge in [0.1, 0.15) is 5.82 Å². The van der Waals surface area contributed by atoms with E-state index in [1.807, 2.05) is 7.05 Å². The second kappa shape index (κ2) is 8.73. The highest BCUT2D eigenvalue weighted by molar-refractivity contribution is 7.89. The number of H-pyrrole nitrogens is 1. The molecule has 1 saturated heterocycles. The zero-order chi connectivity index (χ0) is 20.3. The van der Waals surface area contributed by atoms with Gasteiger partial charge < -0.3 is 9.88 Å². The first-order valence-electron chi connectivity index (χ1n) is 8.93. The minimum Gasteiger partial charge on any atom is -0.355 e. The Balaban J connectivity index is 1.50. The molecule has 0 spiro atoms. The Hall–Kier alpha value is -1.75. The van der Waals surface area contributed by atoms with Gasteiger partial charge in [0.05, 0.1) is 4.90 Å². The number of carbonyl (C=O) groups is 1. The van der Waals surface area contributed by atoms with Crippen LogP contribution < -0.4 is 5.32 Å². The Labute approximate surface area is 173 Å². The number of carbonyl (C=O) groups excluding carboxylic acids is 1. The molecular formula is C17H22ClN5O3S2. The number of aromatic amines is 1. The first-order valence-corrected chi connectivity index (χ1v) is 11.2. The van der Waals surface area contributed by atoms with Crippen LogP contribution in [-0.2, 0) is 28.3 Å². The van der Waals surface area contributed by atoms with Crippen LogP contribution in [0.1, 0.15) is 18.7 Å². The maximum absolute atomic E-state index is 12.7. The number of benzene rings is 1. The molecule has 8 nitrogen and oxygen atoms in total. The van der Waals surface area contributed by atoms with Gasteiger partial charge in [-0.2, -0.15) is 9.40 Å². The third-order valence-electron chi connectivity index (χ3n) is 4.90. The van der Waals surface area contributed by atoms with E-state index >= 15 is 0 Å². The standard InChI is InChI=1S/C17H22ClN5O3S2/c1-22-15(20-21-17(22)27)6-9-19-16(24)12-7-10-23(11-8-12)28(25,26)14-4-2-13(18)3-5-14/h2-5,12H,6-11H2,1H3,(H,19,24)(H,21,27). The largest absolute Gasteiger partial charge is 0.355 e. The van der Waals surface area contributed by atoms with Crippen LogP contribution in [0.15, 0.2) is 29.2 Å². The van der Waals surface area contributed by atoms with Crippen molar-refractivity contribution < 1.29 is 13.2 Å². The average Bonchev–Trinajstić information content (AvgIpc) is 3.00. The Bertz CT molecular complexity index is 993. The number of nitrogens with zero attached hydrogens (tertiary/aromatic N) is 3. The van der Waals surface area contributed by atoms with Gasteiger partial charge in [-0.25, -0.2) is 8.42 Å². The van der Waals surface area contributed by atoms with Crippen molar-refractivity contribution in [3.63, 3.8) is 0 Å². The molecule has 1 aromatic carbocycles. The highest BCUT2D eigenvalue weighted by Gasteiger charge is 2.31. The second-order valence-electron chi connectivity index (χ2n) is 6.68. The summed E-state index contributed by atoms with van der Waals surface area (Å²) in [7, 11) is -1.75. The molecule has 0 unspecified atom stereocenters. The fraction of sp³-hybridized carbons (Fsp3) is 0.471. The third-order valence-corrected chi connectivity index (χ3v) is 7.43. The van der Waals surface area contributed by atoms with Crippen LogP contribution in [0.25, 0.3) is 0 Å². The van der Waals surface area contributed by atoms with Crippen molar-refractivity contribution in [3.8, 4) is 0 Å². The summed E-state index contributed by atoms with van der Waals surface area (Å²) < 4.78 is 29.1. The minimum atomic E-state index is -3.56. The summed E-state index contributed by atoms with van der Waals surface area (Å²) in [5, 5.41) is 10.2. The fourth-order valence-electron chi connectivity index (χ4n) is 3.16. The molecule has 0 radical (unpaired) electrons. The van der Waals surface area contributed by atoms with Gasteiger partial charge in [-0.1, -0.05) is 11.6 Å². The monoisotopic (exact) mass is 443 g/mol. The lowest BCUT2D eigenvalue weighted by atomic mass is 9.97. The molecule has 1 fully saturated rings. The van der Waals surface area contributed by atoms with Crippen LogP contribution in [-0.4, -0.2) is 53.0 Å². The van der Waals surface area contributed by atoms with Crippen LogP contribution in [0.3, 0.4) is 0 Å². The lowest BCUT2D eigenvalue weighted by Crippen LogP contribution is -2.43. The Kier molecular flexibility index (Phi) is 6.54. The van der Waals surface area contributed by atoms with Crippen LogP contribution in [0.5, 0.6) is 0 Å². The van der Waals surface area contributed by atoms with Crippen molar-refractivity contribution in [1.82, 2.24) is 24.4 Å². The number of sulfonamides is 1. The van der Waals surface area contributed by atoms with E-state index in [4.69, 9.17) is 23.8 Å². The molecule has 3 rings (SSSR count). The van der Waals surface area contributed by atoms with Gasteiger partial charge in [0, 0.05) is 44.0 Å². The van der Waals surface area contributed by atoms with Gasteiger partial charge in [-0.05, 0) is 49.3 Å². The molecule has 0 atom stereocenters. The SMILES string of the molecule is Cn1c(CCNC(=O)C2CCN(S(=O)(=O)c3ccc(Cl)cc3)CC2)n[nH]c1=S. The number of amides is 1. The summed E-state index contributed by atoms with van der Waals surface area (Å²) >= 11 is 10.9. The molecule has 2 N–H and O–H groups in total. The number of hydrogen-bond donors (Lipinski definition) is 2. The highest BCUT2D eigenvalue weighted by Crippen LogP contribution is 2.24. The second-order valence-corrected chi connectivity index (χ2v) is 9.44. The molecular weight excluding hydrogens is 422 g/mol. The summed E-state index contributed by atoms with van der Waals surface area (Å²) in [4.78, 5) is 12.6. The van der Waals surface area contributed by atoms with Crippen LogP contribution in [0, 0.1) is 10.7 Å². The van der Waals surface area contributed by atoms with Crippen molar-refractivity contribution in [1.29, 1.82) is 0 Å². The van der Waals surface area contributed by atoms with E-state index in [1.165, 1.54) is 16.4 Å².